The quantitative estimate of drug-likeness (QED) is 0.531. The number of fused-ring (bicyclic) bond motifs is 2. The molecule has 1 N–H and O–H groups in total. The van der Waals surface area contributed by atoms with Crippen LogP contribution in [0.15, 0.2) is 58.2 Å². The Balaban J connectivity index is 1.26. The molecule has 1 aliphatic heterocycles. The Labute approximate surface area is 176 Å². The maximum Gasteiger partial charge on any atom is 0.276 e. The lowest BCUT2D eigenvalue weighted by atomic mass is 9.81. The number of nitrogens with zero attached hydrogens (tertiary/aromatic N) is 5. The minimum atomic E-state index is 0.277. The van der Waals surface area contributed by atoms with Crippen LogP contribution in [0, 0.1) is 0 Å². The van der Waals surface area contributed by atoms with E-state index in [1.165, 1.54) is 36.9 Å². The predicted molar refractivity (Wildman–Crippen MR) is 117 cm³/mol. The molecule has 0 amide bonds. The van der Waals surface area contributed by atoms with Crippen molar-refractivity contribution in [2.24, 2.45) is 4.99 Å². The number of rotatable bonds is 4. The first kappa shape index (κ1) is 18.8. The molecule has 2 aromatic heterocycles. The summed E-state index contributed by atoms with van der Waals surface area (Å²) in [6.45, 7) is 1.68. The molecule has 1 aromatic carbocycles. The highest BCUT2D eigenvalue weighted by molar-refractivity contribution is 5.98. The molecule has 0 bridgehead atoms. The van der Waals surface area contributed by atoms with Gasteiger partial charge in [0.15, 0.2) is 11.8 Å². The van der Waals surface area contributed by atoms with E-state index in [9.17, 15) is 0 Å². The minimum Gasteiger partial charge on any atom is -0.355 e. The number of hydrogen-bond donors (Lipinski definition) is 1. The van der Waals surface area contributed by atoms with Gasteiger partial charge < -0.3 is 14.7 Å². The monoisotopic (exact) mass is 402 g/mol. The lowest BCUT2D eigenvalue weighted by Gasteiger charge is -2.26. The fourth-order valence-electron chi connectivity index (χ4n) is 4.83. The van der Waals surface area contributed by atoms with Gasteiger partial charge in [-0.3, -0.25) is 9.98 Å². The van der Waals surface area contributed by atoms with Crippen LogP contribution in [0.4, 0.5) is 5.69 Å². The first-order valence-corrected chi connectivity index (χ1v) is 10.6. The summed E-state index contributed by atoms with van der Waals surface area (Å²) in [5.74, 6) is 2.01. The molecule has 7 heteroatoms. The van der Waals surface area contributed by atoms with Crippen molar-refractivity contribution < 1.29 is 4.52 Å². The Bertz CT molecular complexity index is 1040. The number of hydrogen-bond acceptors (Lipinski definition) is 5. The SMILES string of the molecule is CN=C(NCCc1noc(-c2ccccn2)n1)N1CC2(CCCC2)c2ccccc21. The molecule has 154 valence electrons. The predicted octanol–water partition coefficient (Wildman–Crippen LogP) is 3.58. The van der Waals surface area contributed by atoms with E-state index in [1.54, 1.807) is 6.20 Å². The number of nitrogens with one attached hydrogen (secondary N) is 1. The van der Waals surface area contributed by atoms with Crippen LogP contribution in [0.25, 0.3) is 11.6 Å². The number of para-hydroxylation sites is 1. The smallest absolute Gasteiger partial charge is 0.276 e. The van der Waals surface area contributed by atoms with Crippen molar-refractivity contribution in [3.63, 3.8) is 0 Å². The van der Waals surface area contributed by atoms with Gasteiger partial charge in [-0.2, -0.15) is 4.98 Å². The molecule has 3 aromatic rings. The lowest BCUT2D eigenvalue weighted by Crippen LogP contribution is -2.44. The van der Waals surface area contributed by atoms with Crippen LogP contribution in [0.5, 0.6) is 0 Å². The maximum absolute atomic E-state index is 5.35. The van der Waals surface area contributed by atoms with E-state index in [4.69, 9.17) is 4.52 Å². The normalized spacial score (nSPS) is 17.5. The average molecular weight is 403 g/mol. The topological polar surface area (TPSA) is 79.4 Å². The van der Waals surface area contributed by atoms with E-state index in [-0.39, 0.29) is 5.41 Å². The van der Waals surface area contributed by atoms with Gasteiger partial charge in [-0.25, -0.2) is 0 Å². The van der Waals surface area contributed by atoms with Crippen molar-refractivity contribution in [2.75, 3.05) is 25.0 Å². The third kappa shape index (κ3) is 3.34. The van der Waals surface area contributed by atoms with Gasteiger partial charge >= 0.3 is 0 Å². The standard InChI is InChI=1S/C23H26N6O/c1-24-22(26-15-11-20-27-21(30-28-20)18-9-4-7-14-25-18)29-16-23(12-5-6-13-23)17-8-2-3-10-19(17)29/h2-4,7-10,14H,5-6,11-13,15-16H2,1H3,(H,24,26). The van der Waals surface area contributed by atoms with Crippen molar-refractivity contribution in [1.82, 2.24) is 20.4 Å². The van der Waals surface area contributed by atoms with Crippen LogP contribution in [-0.2, 0) is 11.8 Å². The Morgan fingerprint density at radius 2 is 2.00 bits per heavy atom. The fourth-order valence-corrected chi connectivity index (χ4v) is 4.83. The van der Waals surface area contributed by atoms with Crippen molar-refractivity contribution in [3.05, 3.63) is 60.0 Å². The summed E-state index contributed by atoms with van der Waals surface area (Å²) in [6, 6.07) is 14.4. The molecule has 0 unspecified atom stereocenters. The lowest BCUT2D eigenvalue weighted by molar-refractivity contribution is 0.421. The summed E-state index contributed by atoms with van der Waals surface area (Å²) in [5.41, 5.74) is 3.73. The number of benzene rings is 1. The van der Waals surface area contributed by atoms with Gasteiger partial charge in [0, 0.05) is 43.9 Å². The zero-order chi connectivity index (χ0) is 20.4. The largest absolute Gasteiger partial charge is 0.355 e. The summed E-state index contributed by atoms with van der Waals surface area (Å²) in [5, 5.41) is 7.58. The number of anilines is 1. The van der Waals surface area contributed by atoms with Crippen LogP contribution in [0.3, 0.4) is 0 Å². The van der Waals surface area contributed by atoms with Gasteiger partial charge in [0.05, 0.1) is 0 Å². The Hall–Kier alpha value is -3.22. The molecule has 1 saturated carbocycles. The molecule has 0 saturated heterocycles. The van der Waals surface area contributed by atoms with E-state index in [2.05, 4.69) is 54.6 Å². The van der Waals surface area contributed by atoms with Gasteiger partial charge in [-0.1, -0.05) is 42.3 Å². The molecule has 5 rings (SSSR count). The van der Waals surface area contributed by atoms with E-state index in [1.807, 2.05) is 25.2 Å². The second-order valence-corrected chi connectivity index (χ2v) is 8.05. The Morgan fingerprint density at radius 3 is 2.80 bits per heavy atom. The van der Waals surface area contributed by atoms with Gasteiger partial charge in [-0.05, 0) is 36.6 Å². The van der Waals surface area contributed by atoms with Crippen LogP contribution >= 0.6 is 0 Å². The number of aliphatic imine (C=N–C) groups is 1. The van der Waals surface area contributed by atoms with Gasteiger partial charge in [-0.15, -0.1) is 0 Å². The van der Waals surface area contributed by atoms with Crippen LogP contribution in [-0.4, -0.2) is 41.2 Å². The maximum atomic E-state index is 5.35. The third-order valence-corrected chi connectivity index (χ3v) is 6.24. The average Bonchev–Trinajstić information content (AvgIpc) is 3.53. The molecule has 1 spiro atoms. The Kier molecular flexibility index (Phi) is 4.94. The third-order valence-electron chi connectivity index (χ3n) is 6.24. The highest BCUT2D eigenvalue weighted by Gasteiger charge is 2.45. The van der Waals surface area contributed by atoms with Crippen molar-refractivity contribution in [3.8, 4) is 11.6 Å². The summed E-state index contributed by atoms with van der Waals surface area (Å²) >= 11 is 0. The highest BCUT2D eigenvalue weighted by atomic mass is 16.5. The van der Waals surface area contributed by atoms with E-state index >= 15 is 0 Å². The minimum absolute atomic E-state index is 0.277. The molecule has 3 heterocycles. The molecule has 0 radical (unpaired) electrons. The molecule has 1 fully saturated rings. The summed E-state index contributed by atoms with van der Waals surface area (Å²) in [4.78, 5) is 15.6. The zero-order valence-electron chi connectivity index (χ0n) is 17.2. The molecular formula is C23H26N6O. The fraction of sp³-hybridized carbons (Fsp3) is 0.391. The van der Waals surface area contributed by atoms with Gasteiger partial charge in [0.2, 0.25) is 0 Å². The van der Waals surface area contributed by atoms with Crippen LogP contribution < -0.4 is 10.2 Å². The van der Waals surface area contributed by atoms with Gasteiger partial charge in [0.25, 0.3) is 5.89 Å². The Morgan fingerprint density at radius 1 is 1.17 bits per heavy atom. The molecule has 7 nitrogen and oxygen atoms in total. The number of pyridine rings is 1. The first-order chi connectivity index (χ1) is 14.8. The second-order valence-electron chi connectivity index (χ2n) is 8.05. The highest BCUT2D eigenvalue weighted by Crippen LogP contribution is 2.50. The molecule has 2 aliphatic rings. The molecular weight excluding hydrogens is 376 g/mol. The summed E-state index contributed by atoms with van der Waals surface area (Å²) in [7, 11) is 1.85. The van der Waals surface area contributed by atoms with Crippen molar-refractivity contribution >= 4 is 11.6 Å². The molecule has 0 atom stereocenters. The first-order valence-electron chi connectivity index (χ1n) is 10.6. The number of guanidine groups is 1. The van der Waals surface area contributed by atoms with E-state index < -0.39 is 0 Å². The molecule has 1 aliphatic carbocycles. The van der Waals surface area contributed by atoms with Crippen LogP contribution in [0.2, 0.25) is 0 Å². The van der Waals surface area contributed by atoms with Crippen LogP contribution in [0.1, 0.15) is 37.1 Å². The number of aromatic nitrogens is 3. The zero-order valence-corrected chi connectivity index (χ0v) is 17.2. The van der Waals surface area contributed by atoms with Crippen molar-refractivity contribution in [2.45, 2.75) is 37.5 Å². The summed E-state index contributed by atoms with van der Waals surface area (Å²) in [6.07, 6.45) is 7.51. The molecule has 30 heavy (non-hydrogen) atoms. The van der Waals surface area contributed by atoms with Crippen molar-refractivity contribution in [1.29, 1.82) is 0 Å². The summed E-state index contributed by atoms with van der Waals surface area (Å²) < 4.78 is 5.35. The van der Waals surface area contributed by atoms with E-state index in [0.29, 0.717) is 30.4 Å². The van der Waals surface area contributed by atoms with E-state index in [0.717, 1.165) is 12.5 Å². The van der Waals surface area contributed by atoms with Gasteiger partial charge in [0.1, 0.15) is 5.69 Å². The second kappa shape index (κ2) is 7.89.